The Hall–Kier alpha value is -2.03. The summed E-state index contributed by atoms with van der Waals surface area (Å²) in [7, 11) is 5.78. The quantitative estimate of drug-likeness (QED) is 0.267. The van der Waals surface area contributed by atoms with Gasteiger partial charge >= 0.3 is 0 Å². The number of hydrogen-bond acceptors (Lipinski definition) is 4. The zero-order valence-electron chi connectivity index (χ0n) is 26.7. The van der Waals surface area contributed by atoms with Crippen molar-refractivity contribution in [3.8, 4) is 6.07 Å². The molecule has 0 spiro atoms. The van der Waals surface area contributed by atoms with Gasteiger partial charge < -0.3 is 5.43 Å². The van der Waals surface area contributed by atoms with Crippen LogP contribution in [-0.4, -0.2) is 54.2 Å². The van der Waals surface area contributed by atoms with Crippen molar-refractivity contribution in [2.75, 3.05) is 21.1 Å². The zero-order valence-corrected chi connectivity index (χ0v) is 26.7. The Morgan fingerprint density at radius 2 is 1.61 bits per heavy atom. The molecule has 2 aliphatic heterocycles. The van der Waals surface area contributed by atoms with Gasteiger partial charge in [-0.25, -0.2) is 0 Å². The summed E-state index contributed by atoms with van der Waals surface area (Å²) in [6.45, 7) is 26.1. The van der Waals surface area contributed by atoms with E-state index in [2.05, 4.69) is 133 Å². The van der Waals surface area contributed by atoms with Gasteiger partial charge in [-0.05, 0) is 66.2 Å². The number of hydrogen-bond donors (Lipinski definition) is 0. The van der Waals surface area contributed by atoms with E-state index in [1.54, 1.807) is 14.0 Å². The molecular weight excluding hydrogens is 444 g/mol. The summed E-state index contributed by atoms with van der Waals surface area (Å²) in [6, 6.07) is 3.08. The normalized spacial score (nSPS) is 26.7. The van der Waals surface area contributed by atoms with E-state index in [4.69, 9.17) is 0 Å². The minimum atomic E-state index is 0.263. The van der Waals surface area contributed by atoms with E-state index < -0.39 is 0 Å². The highest BCUT2D eigenvalue weighted by atomic mass is 15.5. The summed E-state index contributed by atoms with van der Waals surface area (Å²) in [5, 5.41) is 13.3. The molecule has 0 aromatic rings. The molecule has 0 N–H and O–H groups in total. The second-order valence-electron chi connectivity index (χ2n) is 10.2. The van der Waals surface area contributed by atoms with Gasteiger partial charge in [-0.1, -0.05) is 67.2 Å². The van der Waals surface area contributed by atoms with Crippen molar-refractivity contribution >= 4 is 11.4 Å². The van der Waals surface area contributed by atoms with E-state index in [0.717, 1.165) is 0 Å². The van der Waals surface area contributed by atoms with Crippen molar-refractivity contribution < 1.29 is 0 Å². The van der Waals surface area contributed by atoms with Gasteiger partial charge in [0.05, 0.1) is 18.5 Å². The summed E-state index contributed by atoms with van der Waals surface area (Å²) in [4.78, 5) is 3.35. The molecule has 4 unspecified atom stereocenters. The topological polar surface area (TPSA) is 49.7 Å². The fraction of sp³-hybridized carbons (Fsp3) is 0.833. The monoisotopic (exact) mass is 504 g/mol. The van der Waals surface area contributed by atoms with Crippen LogP contribution in [-0.2, 0) is 0 Å². The van der Waals surface area contributed by atoms with Crippen molar-refractivity contribution in [2.24, 2.45) is 21.5 Å². The molecule has 36 heavy (non-hydrogen) atoms. The lowest BCUT2D eigenvalue weighted by Crippen LogP contribution is -2.43. The number of rotatable bonds is 6. The van der Waals surface area contributed by atoms with Gasteiger partial charge in [0, 0.05) is 36.9 Å². The van der Waals surface area contributed by atoms with E-state index in [0.29, 0.717) is 17.4 Å². The predicted molar refractivity (Wildman–Crippen MR) is 163 cm³/mol. The molecule has 0 bridgehead atoms. The van der Waals surface area contributed by atoms with E-state index in [1.807, 2.05) is 0 Å². The summed E-state index contributed by atoms with van der Waals surface area (Å²) < 4.78 is 0. The highest BCUT2D eigenvalue weighted by molar-refractivity contribution is 5.89. The molecule has 0 saturated heterocycles. The lowest BCUT2D eigenvalue weighted by Gasteiger charge is -2.35. The van der Waals surface area contributed by atoms with Crippen LogP contribution in [0.5, 0.6) is 0 Å². The molecule has 0 fully saturated rings. The van der Waals surface area contributed by atoms with Crippen molar-refractivity contribution in [3.63, 3.8) is 0 Å². The maximum Gasteiger partial charge on any atom is 0.267 e. The molecule has 2 heterocycles. The molecule has 0 aromatic carbocycles. The predicted octanol–water partition coefficient (Wildman–Crippen LogP) is 9.02. The van der Waals surface area contributed by atoms with E-state index in [-0.39, 0.29) is 5.54 Å². The maximum absolute atomic E-state index is 4.52. The van der Waals surface area contributed by atoms with Crippen LogP contribution < -0.4 is 0 Å². The van der Waals surface area contributed by atoms with Crippen LogP contribution in [0.25, 0.3) is 10.4 Å². The SMILES string of the molecule is CC#[N+][N-]C.CC/C=C(/C)CC.CCC1C(C)=NN(C)C1(C)CC.CCC1N(C)N=C(C)C1(C)CC. The molecule has 2 rings (SSSR count). The first kappa shape index (κ1) is 36.1. The molecule has 6 nitrogen and oxygen atoms in total. The summed E-state index contributed by atoms with van der Waals surface area (Å²) in [5.74, 6) is 0.646. The standard InChI is InChI=1S/2C10H20N2.C7H14.C3H6N2/c1-6-9-10(4,7-2)8(3)11-12(9)5;1-6-9-8(3)11-12(5)10(9,4)7-2;1-4-6-7(3)5-2;1-3-5-4-2/h2*9H,6-7H2,1-5H3;6H,4-5H2,1-3H3;1-2H3/b;;7-6-;. The van der Waals surface area contributed by atoms with Gasteiger partial charge in [-0.15, -0.1) is 4.95 Å². The second-order valence-corrected chi connectivity index (χ2v) is 10.2. The Morgan fingerprint density at radius 1 is 1.03 bits per heavy atom. The summed E-state index contributed by atoms with van der Waals surface area (Å²) in [5.41, 5.74) is 8.03. The summed E-state index contributed by atoms with van der Waals surface area (Å²) >= 11 is 0. The molecule has 210 valence electrons. The molecule has 0 amide bonds. The first-order valence-corrected chi connectivity index (χ1v) is 14.0. The van der Waals surface area contributed by atoms with E-state index >= 15 is 0 Å². The van der Waals surface area contributed by atoms with Crippen LogP contribution >= 0.6 is 0 Å². The van der Waals surface area contributed by atoms with Gasteiger partial charge in [0.25, 0.3) is 6.07 Å². The molecular formula is C30H60N6. The molecule has 6 heteroatoms. The van der Waals surface area contributed by atoms with Crippen molar-refractivity contribution in [1.82, 2.24) is 10.0 Å². The minimum absolute atomic E-state index is 0.263. The van der Waals surface area contributed by atoms with Crippen molar-refractivity contribution in [2.45, 2.75) is 133 Å². The Kier molecular flexibility index (Phi) is 18.3. The molecule has 4 atom stereocenters. The van der Waals surface area contributed by atoms with Crippen LogP contribution in [0.15, 0.2) is 21.9 Å². The van der Waals surface area contributed by atoms with Gasteiger partial charge in [-0.3, -0.25) is 10.0 Å². The Labute approximate surface area is 225 Å². The Morgan fingerprint density at radius 3 is 1.86 bits per heavy atom. The van der Waals surface area contributed by atoms with Crippen molar-refractivity contribution in [3.05, 3.63) is 22.0 Å². The fourth-order valence-corrected chi connectivity index (χ4v) is 5.18. The first-order chi connectivity index (χ1) is 16.8. The van der Waals surface area contributed by atoms with Crippen LogP contribution in [0.4, 0.5) is 0 Å². The Bertz CT molecular complexity index is 759. The fourth-order valence-electron chi connectivity index (χ4n) is 5.18. The average molecular weight is 505 g/mol. The minimum Gasteiger partial charge on any atom is -0.312 e. The third-order valence-electron chi connectivity index (χ3n) is 8.18. The lowest BCUT2D eigenvalue weighted by atomic mass is 9.76. The zero-order chi connectivity index (χ0) is 28.5. The van der Waals surface area contributed by atoms with E-state index in [1.165, 1.54) is 55.5 Å². The lowest BCUT2D eigenvalue weighted by molar-refractivity contribution is 0.124. The molecule has 0 radical (unpaired) electrons. The smallest absolute Gasteiger partial charge is 0.267 e. The number of allylic oxidation sites excluding steroid dienone is 2. The van der Waals surface area contributed by atoms with Crippen molar-refractivity contribution in [1.29, 1.82) is 0 Å². The van der Waals surface area contributed by atoms with Crippen LogP contribution in [0.2, 0.25) is 0 Å². The third kappa shape index (κ3) is 10.1. The van der Waals surface area contributed by atoms with Crippen LogP contribution in [0.3, 0.4) is 0 Å². The highest BCUT2D eigenvalue weighted by Crippen LogP contribution is 2.38. The molecule has 2 aliphatic rings. The largest absolute Gasteiger partial charge is 0.312 e. The third-order valence-corrected chi connectivity index (χ3v) is 8.18. The van der Waals surface area contributed by atoms with E-state index in [9.17, 15) is 0 Å². The first-order valence-electron chi connectivity index (χ1n) is 14.0. The highest BCUT2D eigenvalue weighted by Gasteiger charge is 2.42. The second kappa shape index (κ2) is 18.3. The summed E-state index contributed by atoms with van der Waals surface area (Å²) in [6.07, 6.45) is 9.38. The number of hydrazone groups is 2. The van der Waals surface area contributed by atoms with Gasteiger partial charge in [0.15, 0.2) is 0 Å². The number of nitrogens with zero attached hydrogens (tertiary/aromatic N) is 6. The van der Waals surface area contributed by atoms with Crippen LogP contribution in [0.1, 0.15) is 122 Å². The Balaban J connectivity index is 0. The molecule has 0 saturated carbocycles. The van der Waals surface area contributed by atoms with Gasteiger partial charge in [0.2, 0.25) is 0 Å². The maximum atomic E-state index is 4.52. The molecule has 0 aliphatic carbocycles. The van der Waals surface area contributed by atoms with Gasteiger partial charge in [-0.2, -0.15) is 10.2 Å². The average Bonchev–Trinajstić information content (AvgIpc) is 3.21. The van der Waals surface area contributed by atoms with Gasteiger partial charge in [0.1, 0.15) is 0 Å². The molecule has 0 aromatic heterocycles. The van der Waals surface area contributed by atoms with Crippen LogP contribution in [0, 0.1) is 17.4 Å².